The maximum absolute atomic E-state index is 12.4. The number of carbonyl (C=O) groups excluding carboxylic acids is 1. The molecule has 1 aromatic rings. The van der Waals surface area contributed by atoms with Gasteiger partial charge in [0.05, 0.1) is 10.6 Å². The van der Waals surface area contributed by atoms with Crippen molar-refractivity contribution in [1.29, 1.82) is 0 Å². The lowest BCUT2D eigenvalue weighted by Gasteiger charge is -2.42. The van der Waals surface area contributed by atoms with Gasteiger partial charge in [-0.05, 0) is 31.4 Å². The van der Waals surface area contributed by atoms with Crippen LogP contribution in [0.4, 0.5) is 5.69 Å². The third kappa shape index (κ3) is 1.13. The largest absolute Gasteiger partial charge is 0.508 e. The maximum Gasteiger partial charge on any atom is 0.246 e. The first-order chi connectivity index (χ1) is 7.97. The van der Waals surface area contributed by atoms with Gasteiger partial charge >= 0.3 is 0 Å². The van der Waals surface area contributed by atoms with Gasteiger partial charge in [0, 0.05) is 6.07 Å². The molecule has 2 N–H and O–H groups in total. The van der Waals surface area contributed by atoms with Crippen molar-refractivity contribution in [2.75, 3.05) is 5.32 Å². The van der Waals surface area contributed by atoms with Gasteiger partial charge in [0.2, 0.25) is 5.91 Å². The summed E-state index contributed by atoms with van der Waals surface area (Å²) in [5.74, 6) is -0.536. The molecule has 1 aromatic carbocycles. The molecule has 0 saturated heterocycles. The Morgan fingerprint density at radius 3 is 2.59 bits per heavy atom. The zero-order chi connectivity index (χ0) is 12.3. The second-order valence-electron chi connectivity index (χ2n) is 4.49. The topological polar surface area (TPSA) is 83.5 Å². The Labute approximate surface area is 98.4 Å². The van der Waals surface area contributed by atoms with Gasteiger partial charge in [0.15, 0.2) is 14.6 Å². The minimum atomic E-state index is -3.63. The number of aromatic hydroxyl groups is 1. The predicted octanol–water partition coefficient (Wildman–Crippen LogP) is 1.04. The maximum atomic E-state index is 12.4. The van der Waals surface area contributed by atoms with Gasteiger partial charge in [-0.3, -0.25) is 4.79 Å². The fourth-order valence-electron chi connectivity index (χ4n) is 2.41. The summed E-state index contributed by atoms with van der Waals surface area (Å²) in [5.41, 5.74) is 0.174. The fourth-order valence-corrected chi connectivity index (χ4v) is 4.60. The molecule has 5 nitrogen and oxygen atoms in total. The highest BCUT2D eigenvalue weighted by molar-refractivity contribution is 7.94. The van der Waals surface area contributed by atoms with Crippen LogP contribution in [0, 0.1) is 0 Å². The van der Waals surface area contributed by atoms with E-state index in [9.17, 15) is 18.3 Å². The van der Waals surface area contributed by atoms with Crippen LogP contribution in [0.1, 0.15) is 19.3 Å². The minimum Gasteiger partial charge on any atom is -0.508 e. The van der Waals surface area contributed by atoms with Crippen molar-refractivity contribution >= 4 is 21.4 Å². The van der Waals surface area contributed by atoms with Gasteiger partial charge in [0.1, 0.15) is 5.75 Å². The van der Waals surface area contributed by atoms with Crippen molar-refractivity contribution in [3.8, 4) is 5.75 Å². The van der Waals surface area contributed by atoms with E-state index in [-0.39, 0.29) is 16.3 Å². The van der Waals surface area contributed by atoms with Crippen molar-refractivity contribution in [3.63, 3.8) is 0 Å². The van der Waals surface area contributed by atoms with E-state index in [0.29, 0.717) is 12.8 Å². The number of anilines is 1. The number of benzene rings is 1. The van der Waals surface area contributed by atoms with Gasteiger partial charge < -0.3 is 10.4 Å². The van der Waals surface area contributed by atoms with Crippen LogP contribution in [-0.4, -0.2) is 24.2 Å². The third-order valence-corrected chi connectivity index (χ3v) is 6.15. The summed E-state index contributed by atoms with van der Waals surface area (Å²) in [4.78, 5) is 12.0. The average molecular weight is 253 g/mol. The van der Waals surface area contributed by atoms with E-state index >= 15 is 0 Å². The van der Waals surface area contributed by atoms with E-state index in [0.717, 1.165) is 6.42 Å². The molecule has 2 aliphatic rings. The van der Waals surface area contributed by atoms with Crippen LogP contribution in [0.15, 0.2) is 23.1 Å². The van der Waals surface area contributed by atoms with Gasteiger partial charge in [-0.2, -0.15) is 0 Å². The summed E-state index contributed by atoms with van der Waals surface area (Å²) in [6.07, 6.45) is 1.50. The highest BCUT2D eigenvalue weighted by atomic mass is 32.2. The van der Waals surface area contributed by atoms with Crippen LogP contribution in [0.5, 0.6) is 5.75 Å². The van der Waals surface area contributed by atoms with Crippen LogP contribution in [-0.2, 0) is 14.6 Å². The van der Waals surface area contributed by atoms with Crippen LogP contribution in [0.2, 0.25) is 0 Å². The van der Waals surface area contributed by atoms with E-state index in [2.05, 4.69) is 5.32 Å². The van der Waals surface area contributed by atoms with E-state index in [4.69, 9.17) is 0 Å². The standard InChI is InChI=1S/C11H11NO4S/c13-7-2-3-9-8(6-7)12-10(14)11(4-1-5-11)17(9,15)16/h2-3,6,13H,1,4-5H2,(H,12,14). The highest BCUT2D eigenvalue weighted by Gasteiger charge is 2.58. The monoisotopic (exact) mass is 253 g/mol. The Balaban J connectivity index is 2.27. The molecule has 1 spiro atoms. The quantitative estimate of drug-likeness (QED) is 0.723. The molecule has 0 unspecified atom stereocenters. The lowest BCUT2D eigenvalue weighted by Crippen LogP contribution is -2.57. The lowest BCUT2D eigenvalue weighted by molar-refractivity contribution is -0.120. The number of hydrogen-bond acceptors (Lipinski definition) is 4. The predicted molar refractivity (Wildman–Crippen MR) is 60.5 cm³/mol. The smallest absolute Gasteiger partial charge is 0.246 e. The first-order valence-corrected chi connectivity index (χ1v) is 6.85. The second-order valence-corrected chi connectivity index (χ2v) is 6.71. The zero-order valence-electron chi connectivity index (χ0n) is 8.93. The molecule has 0 aromatic heterocycles. The summed E-state index contributed by atoms with van der Waals surface area (Å²) < 4.78 is 23.5. The molecule has 1 saturated carbocycles. The van der Waals surface area contributed by atoms with Crippen LogP contribution in [0.3, 0.4) is 0 Å². The molecule has 0 radical (unpaired) electrons. The minimum absolute atomic E-state index is 0.0659. The molecule has 1 aliphatic carbocycles. The number of fused-ring (bicyclic) bond motifs is 1. The van der Waals surface area contributed by atoms with E-state index in [1.165, 1.54) is 18.2 Å². The number of carbonyl (C=O) groups is 1. The first-order valence-electron chi connectivity index (χ1n) is 5.36. The Kier molecular flexibility index (Phi) is 1.87. The Bertz CT molecular complexity index is 616. The number of rotatable bonds is 0. The molecule has 1 amide bonds. The van der Waals surface area contributed by atoms with Crippen LogP contribution >= 0.6 is 0 Å². The molecule has 1 fully saturated rings. The molecular weight excluding hydrogens is 242 g/mol. The number of phenolic OH excluding ortho intramolecular Hbond substituents is 1. The summed E-state index contributed by atoms with van der Waals surface area (Å²) >= 11 is 0. The summed E-state index contributed by atoms with van der Waals surface area (Å²) in [7, 11) is -3.63. The summed E-state index contributed by atoms with van der Waals surface area (Å²) in [5, 5.41) is 11.9. The van der Waals surface area contributed by atoms with Gasteiger partial charge in [0.25, 0.3) is 0 Å². The highest BCUT2D eigenvalue weighted by Crippen LogP contribution is 2.48. The normalized spacial score (nSPS) is 23.6. The van der Waals surface area contributed by atoms with Gasteiger partial charge in [-0.1, -0.05) is 0 Å². The second kappa shape index (κ2) is 3.01. The number of phenols is 1. The van der Waals surface area contributed by atoms with E-state index in [1.54, 1.807) is 0 Å². The SMILES string of the molecule is O=C1Nc2cc(O)ccc2S(=O)(=O)C12CCC2. The van der Waals surface area contributed by atoms with Gasteiger partial charge in [-0.15, -0.1) is 0 Å². The molecule has 0 bridgehead atoms. The molecular formula is C11H11NO4S. The Hall–Kier alpha value is -1.56. The molecule has 3 rings (SSSR count). The zero-order valence-corrected chi connectivity index (χ0v) is 9.75. The van der Waals surface area contributed by atoms with Gasteiger partial charge in [-0.25, -0.2) is 8.42 Å². The van der Waals surface area contributed by atoms with E-state index in [1.807, 2.05) is 0 Å². The van der Waals surface area contributed by atoms with Crippen molar-refractivity contribution < 1.29 is 18.3 Å². The van der Waals surface area contributed by atoms with Crippen LogP contribution in [0.25, 0.3) is 0 Å². The van der Waals surface area contributed by atoms with Crippen LogP contribution < -0.4 is 5.32 Å². The molecule has 0 atom stereocenters. The molecule has 1 aliphatic heterocycles. The van der Waals surface area contributed by atoms with Crippen molar-refractivity contribution in [2.24, 2.45) is 0 Å². The van der Waals surface area contributed by atoms with Crippen molar-refractivity contribution in [1.82, 2.24) is 0 Å². The Morgan fingerprint density at radius 1 is 1.29 bits per heavy atom. The summed E-state index contributed by atoms with van der Waals surface area (Å²) in [6.45, 7) is 0. The molecule has 1 heterocycles. The number of sulfone groups is 1. The average Bonchev–Trinajstić information content (AvgIpc) is 2.12. The summed E-state index contributed by atoms with van der Waals surface area (Å²) in [6, 6.07) is 3.93. The van der Waals surface area contributed by atoms with Crippen molar-refractivity contribution in [3.05, 3.63) is 18.2 Å². The third-order valence-electron chi connectivity index (χ3n) is 3.59. The number of amides is 1. The first kappa shape index (κ1) is 10.6. The molecule has 17 heavy (non-hydrogen) atoms. The lowest BCUT2D eigenvalue weighted by atomic mass is 9.83. The van der Waals surface area contributed by atoms with E-state index < -0.39 is 20.5 Å². The number of hydrogen-bond donors (Lipinski definition) is 2. The fraction of sp³-hybridized carbons (Fsp3) is 0.364. The van der Waals surface area contributed by atoms with Crippen molar-refractivity contribution in [2.45, 2.75) is 28.9 Å². The number of nitrogens with one attached hydrogen (secondary N) is 1. The molecule has 90 valence electrons. The Morgan fingerprint density at radius 2 is 2.00 bits per heavy atom. The molecule has 6 heteroatoms.